The molecular formula is C21H22F2N2O5. The highest BCUT2D eigenvalue weighted by molar-refractivity contribution is 5.99. The Kier molecular flexibility index (Phi) is 7.85. The molecule has 0 aliphatic heterocycles. The highest BCUT2D eigenvalue weighted by Gasteiger charge is 2.20. The first kappa shape index (κ1) is 22.8. The summed E-state index contributed by atoms with van der Waals surface area (Å²) in [5, 5.41) is 4.93. The maximum absolute atomic E-state index is 12.4. The summed E-state index contributed by atoms with van der Waals surface area (Å²) < 4.78 is 34.2. The maximum atomic E-state index is 12.4. The molecule has 9 heteroatoms. The average molecular weight is 420 g/mol. The highest BCUT2D eigenvalue weighted by Crippen LogP contribution is 2.20. The number of anilines is 1. The fourth-order valence-corrected chi connectivity index (χ4v) is 2.50. The van der Waals surface area contributed by atoms with Crippen molar-refractivity contribution in [2.24, 2.45) is 0 Å². The average Bonchev–Trinajstić information content (AvgIpc) is 2.68. The smallest absolute Gasteiger partial charge is 0.387 e. The number of halogens is 2. The number of alkyl halides is 2. The fraction of sp³-hybridized carbons (Fsp3) is 0.286. The van der Waals surface area contributed by atoms with E-state index < -0.39 is 37.0 Å². The van der Waals surface area contributed by atoms with Gasteiger partial charge in [0.1, 0.15) is 12.3 Å². The predicted molar refractivity (Wildman–Crippen MR) is 106 cm³/mol. The third-order valence-electron chi connectivity index (χ3n) is 4.07. The summed E-state index contributed by atoms with van der Waals surface area (Å²) >= 11 is 0. The first-order valence-corrected chi connectivity index (χ1v) is 9.07. The number of aryl methyl sites for hydroxylation is 2. The van der Waals surface area contributed by atoms with Gasteiger partial charge in [-0.2, -0.15) is 8.78 Å². The minimum absolute atomic E-state index is 0.161. The zero-order chi connectivity index (χ0) is 22.3. The molecule has 0 bridgehead atoms. The van der Waals surface area contributed by atoms with E-state index in [1.54, 1.807) is 6.07 Å². The normalized spacial score (nSPS) is 11.5. The summed E-state index contributed by atoms with van der Waals surface area (Å²) in [6, 6.07) is 10.9. The summed E-state index contributed by atoms with van der Waals surface area (Å²) in [4.78, 5) is 36.4. The summed E-state index contributed by atoms with van der Waals surface area (Å²) in [6.45, 7) is 1.46. The lowest BCUT2D eigenvalue weighted by Gasteiger charge is -2.15. The molecule has 0 radical (unpaired) electrons. The first-order valence-electron chi connectivity index (χ1n) is 9.07. The van der Waals surface area contributed by atoms with Gasteiger partial charge in [-0.25, -0.2) is 0 Å². The van der Waals surface area contributed by atoms with Crippen LogP contribution in [0.4, 0.5) is 14.5 Å². The van der Waals surface area contributed by atoms with E-state index in [1.165, 1.54) is 31.2 Å². The lowest BCUT2D eigenvalue weighted by atomic mass is 10.1. The highest BCUT2D eigenvalue weighted by atomic mass is 19.3. The van der Waals surface area contributed by atoms with Crippen LogP contribution in [0.1, 0.15) is 28.4 Å². The Morgan fingerprint density at radius 1 is 1.07 bits per heavy atom. The van der Waals surface area contributed by atoms with Crippen LogP contribution in [0.25, 0.3) is 0 Å². The van der Waals surface area contributed by atoms with Crippen molar-refractivity contribution < 1.29 is 32.6 Å². The molecule has 2 rings (SSSR count). The topological polar surface area (TPSA) is 93.7 Å². The summed E-state index contributed by atoms with van der Waals surface area (Å²) in [5.74, 6) is -2.51. The second kappa shape index (κ2) is 10.3. The van der Waals surface area contributed by atoms with Crippen LogP contribution >= 0.6 is 0 Å². The lowest BCUT2D eigenvalue weighted by molar-refractivity contribution is -0.152. The van der Waals surface area contributed by atoms with E-state index in [-0.39, 0.29) is 11.3 Å². The van der Waals surface area contributed by atoms with Crippen molar-refractivity contribution in [2.45, 2.75) is 33.5 Å². The molecule has 1 atom stereocenters. The predicted octanol–water partition coefficient (Wildman–Crippen LogP) is 3.21. The van der Waals surface area contributed by atoms with Gasteiger partial charge in [0, 0.05) is 5.69 Å². The van der Waals surface area contributed by atoms with E-state index in [4.69, 9.17) is 4.74 Å². The van der Waals surface area contributed by atoms with Crippen molar-refractivity contribution in [3.63, 3.8) is 0 Å². The van der Waals surface area contributed by atoms with E-state index in [0.29, 0.717) is 5.69 Å². The van der Waals surface area contributed by atoms with Crippen molar-refractivity contribution in [2.75, 3.05) is 11.9 Å². The zero-order valence-corrected chi connectivity index (χ0v) is 16.7. The SMILES string of the molecule is Cc1ccc(C)c(NC(=O)[C@H](C)OC(=O)CNC(=O)c2ccccc2OC(F)F)c1. The van der Waals surface area contributed by atoms with Crippen molar-refractivity contribution in [1.29, 1.82) is 0 Å². The van der Waals surface area contributed by atoms with Crippen LogP contribution in [0, 0.1) is 13.8 Å². The van der Waals surface area contributed by atoms with Crippen molar-refractivity contribution in [3.8, 4) is 5.75 Å². The Labute approximate surface area is 172 Å². The molecule has 2 aromatic carbocycles. The molecule has 0 saturated carbocycles. The fourth-order valence-electron chi connectivity index (χ4n) is 2.50. The molecule has 2 aromatic rings. The molecule has 0 aromatic heterocycles. The maximum Gasteiger partial charge on any atom is 0.387 e. The Balaban J connectivity index is 1.89. The number of esters is 1. The number of amides is 2. The largest absolute Gasteiger partial charge is 0.451 e. The molecule has 0 saturated heterocycles. The van der Waals surface area contributed by atoms with Gasteiger partial charge >= 0.3 is 12.6 Å². The van der Waals surface area contributed by atoms with Gasteiger partial charge in [-0.3, -0.25) is 14.4 Å². The summed E-state index contributed by atoms with van der Waals surface area (Å²) in [6.07, 6.45) is -1.11. The Hall–Kier alpha value is -3.49. The molecule has 0 fully saturated rings. The molecule has 2 N–H and O–H groups in total. The number of hydrogen-bond acceptors (Lipinski definition) is 5. The van der Waals surface area contributed by atoms with E-state index in [9.17, 15) is 23.2 Å². The van der Waals surface area contributed by atoms with Gasteiger partial charge in [-0.1, -0.05) is 24.3 Å². The monoisotopic (exact) mass is 420 g/mol. The van der Waals surface area contributed by atoms with Crippen LogP contribution in [0.5, 0.6) is 5.75 Å². The van der Waals surface area contributed by atoms with Gasteiger partial charge in [0.15, 0.2) is 6.10 Å². The second-order valence-electron chi connectivity index (χ2n) is 6.50. The number of para-hydroxylation sites is 1. The molecule has 0 spiro atoms. The van der Waals surface area contributed by atoms with E-state index in [1.807, 2.05) is 26.0 Å². The standard InChI is InChI=1S/C21H22F2N2O5/c1-12-8-9-13(2)16(10-12)25-19(27)14(3)29-18(26)11-24-20(28)15-6-4-5-7-17(15)30-21(22)23/h4-10,14,21H,11H2,1-3H3,(H,24,28)(H,25,27)/t14-/m0/s1. The summed E-state index contributed by atoms with van der Waals surface area (Å²) in [7, 11) is 0. The number of hydrogen-bond donors (Lipinski definition) is 2. The van der Waals surface area contributed by atoms with Crippen LogP contribution in [0.2, 0.25) is 0 Å². The Bertz CT molecular complexity index is 933. The van der Waals surface area contributed by atoms with E-state index in [0.717, 1.165) is 11.1 Å². The zero-order valence-electron chi connectivity index (χ0n) is 16.7. The van der Waals surface area contributed by atoms with Gasteiger partial charge in [0.25, 0.3) is 11.8 Å². The van der Waals surface area contributed by atoms with Crippen molar-refractivity contribution in [1.82, 2.24) is 5.32 Å². The van der Waals surface area contributed by atoms with Crippen LogP contribution in [-0.4, -0.2) is 37.0 Å². The number of ether oxygens (including phenoxy) is 2. The van der Waals surface area contributed by atoms with E-state index in [2.05, 4.69) is 15.4 Å². The number of benzene rings is 2. The van der Waals surface area contributed by atoms with Gasteiger partial charge < -0.3 is 20.1 Å². The van der Waals surface area contributed by atoms with Crippen LogP contribution in [-0.2, 0) is 14.3 Å². The van der Waals surface area contributed by atoms with Crippen molar-refractivity contribution >= 4 is 23.5 Å². The minimum atomic E-state index is -3.10. The van der Waals surface area contributed by atoms with Crippen LogP contribution < -0.4 is 15.4 Å². The van der Waals surface area contributed by atoms with Gasteiger partial charge in [0.05, 0.1) is 5.56 Å². The Morgan fingerprint density at radius 2 is 1.77 bits per heavy atom. The quantitative estimate of drug-likeness (QED) is 0.640. The molecule has 2 amide bonds. The van der Waals surface area contributed by atoms with E-state index >= 15 is 0 Å². The number of carbonyl (C=O) groups is 3. The molecule has 0 aliphatic carbocycles. The van der Waals surface area contributed by atoms with Gasteiger partial charge in [-0.15, -0.1) is 0 Å². The third kappa shape index (κ3) is 6.54. The summed E-state index contributed by atoms with van der Waals surface area (Å²) in [5.41, 5.74) is 2.25. The molecule has 30 heavy (non-hydrogen) atoms. The lowest BCUT2D eigenvalue weighted by Crippen LogP contribution is -2.36. The number of carbonyl (C=O) groups excluding carboxylic acids is 3. The Morgan fingerprint density at radius 3 is 2.47 bits per heavy atom. The molecule has 0 aliphatic rings. The number of rotatable bonds is 8. The van der Waals surface area contributed by atoms with Crippen LogP contribution in [0.3, 0.4) is 0 Å². The number of nitrogens with one attached hydrogen (secondary N) is 2. The molecule has 0 heterocycles. The van der Waals surface area contributed by atoms with Crippen LogP contribution in [0.15, 0.2) is 42.5 Å². The van der Waals surface area contributed by atoms with Gasteiger partial charge in [0.2, 0.25) is 0 Å². The molecule has 0 unspecified atom stereocenters. The first-order chi connectivity index (χ1) is 14.2. The molecule has 7 nitrogen and oxygen atoms in total. The minimum Gasteiger partial charge on any atom is -0.451 e. The third-order valence-corrected chi connectivity index (χ3v) is 4.07. The van der Waals surface area contributed by atoms with Gasteiger partial charge in [-0.05, 0) is 50.1 Å². The molecular weight excluding hydrogens is 398 g/mol. The second-order valence-corrected chi connectivity index (χ2v) is 6.50. The van der Waals surface area contributed by atoms with Crippen molar-refractivity contribution in [3.05, 3.63) is 59.2 Å². The molecule has 160 valence electrons.